The zero-order valence-electron chi connectivity index (χ0n) is 11.9. The molecule has 0 radical (unpaired) electrons. The molecule has 1 aliphatic carbocycles. The van der Waals surface area contributed by atoms with Gasteiger partial charge in [-0.05, 0) is 36.3 Å². The van der Waals surface area contributed by atoms with Crippen LogP contribution in [0.5, 0.6) is 0 Å². The van der Waals surface area contributed by atoms with Gasteiger partial charge >= 0.3 is 0 Å². The summed E-state index contributed by atoms with van der Waals surface area (Å²) in [6, 6.07) is 8.87. The van der Waals surface area contributed by atoms with E-state index in [9.17, 15) is 0 Å². The average molecular weight is 263 g/mol. The van der Waals surface area contributed by atoms with E-state index in [2.05, 4.69) is 29.6 Å². The van der Waals surface area contributed by atoms with Crippen molar-refractivity contribution in [1.82, 2.24) is 5.32 Å². The first kappa shape index (κ1) is 14.5. The molecule has 1 aromatic rings. The van der Waals surface area contributed by atoms with Crippen molar-refractivity contribution < 1.29 is 9.47 Å². The molecular formula is C16H25NO2. The van der Waals surface area contributed by atoms with E-state index in [-0.39, 0.29) is 0 Å². The highest BCUT2D eigenvalue weighted by molar-refractivity contribution is 5.32. The van der Waals surface area contributed by atoms with Crippen molar-refractivity contribution in [2.75, 3.05) is 40.0 Å². The van der Waals surface area contributed by atoms with E-state index in [1.807, 2.05) is 0 Å². The van der Waals surface area contributed by atoms with Crippen LogP contribution in [-0.4, -0.2) is 40.0 Å². The van der Waals surface area contributed by atoms with Crippen molar-refractivity contribution in [3.8, 4) is 0 Å². The highest BCUT2D eigenvalue weighted by Crippen LogP contribution is 2.30. The first-order chi connectivity index (χ1) is 9.42. The average Bonchev–Trinajstić information content (AvgIpc) is 2.46. The monoisotopic (exact) mass is 263 g/mol. The smallest absolute Gasteiger partial charge is 0.0700 e. The van der Waals surface area contributed by atoms with Crippen LogP contribution >= 0.6 is 0 Å². The van der Waals surface area contributed by atoms with Crippen LogP contribution in [0.2, 0.25) is 0 Å². The maximum Gasteiger partial charge on any atom is 0.0700 e. The number of hydrogen-bond acceptors (Lipinski definition) is 3. The third-order valence-corrected chi connectivity index (χ3v) is 3.74. The van der Waals surface area contributed by atoms with E-state index >= 15 is 0 Å². The maximum atomic E-state index is 5.45. The summed E-state index contributed by atoms with van der Waals surface area (Å²) in [5, 5.41) is 3.51. The normalized spacial score (nSPS) is 18.3. The molecule has 0 saturated heterocycles. The van der Waals surface area contributed by atoms with Gasteiger partial charge in [0, 0.05) is 20.2 Å². The van der Waals surface area contributed by atoms with Gasteiger partial charge in [-0.15, -0.1) is 0 Å². The number of fused-ring (bicyclic) bond motifs is 1. The molecule has 1 aromatic carbocycles. The summed E-state index contributed by atoms with van der Waals surface area (Å²) in [4.78, 5) is 0. The minimum Gasteiger partial charge on any atom is -0.382 e. The maximum absolute atomic E-state index is 5.45. The molecule has 0 bridgehead atoms. The van der Waals surface area contributed by atoms with E-state index in [1.54, 1.807) is 12.7 Å². The fourth-order valence-corrected chi connectivity index (χ4v) is 2.73. The van der Waals surface area contributed by atoms with Crippen LogP contribution in [0.25, 0.3) is 0 Å². The second-order valence-corrected chi connectivity index (χ2v) is 5.10. The Balaban J connectivity index is 1.67. The zero-order chi connectivity index (χ0) is 13.3. The Morgan fingerprint density at radius 3 is 3.00 bits per heavy atom. The zero-order valence-corrected chi connectivity index (χ0v) is 11.9. The second-order valence-electron chi connectivity index (χ2n) is 5.10. The summed E-state index contributed by atoms with van der Waals surface area (Å²) in [5.41, 5.74) is 3.08. The Morgan fingerprint density at radius 2 is 2.11 bits per heavy atom. The number of aryl methyl sites for hydroxylation is 1. The Hall–Kier alpha value is -0.900. The van der Waals surface area contributed by atoms with Crippen molar-refractivity contribution in [2.24, 2.45) is 0 Å². The van der Waals surface area contributed by atoms with Crippen molar-refractivity contribution in [1.29, 1.82) is 0 Å². The Kier molecular flexibility index (Phi) is 6.34. The summed E-state index contributed by atoms with van der Waals surface area (Å²) >= 11 is 0. The third kappa shape index (κ3) is 4.60. The number of hydrogen-bond donors (Lipinski definition) is 1. The van der Waals surface area contributed by atoms with Crippen LogP contribution in [0.4, 0.5) is 0 Å². The van der Waals surface area contributed by atoms with Gasteiger partial charge in [-0.3, -0.25) is 0 Å². The molecule has 3 nitrogen and oxygen atoms in total. The Labute approximate surface area is 116 Å². The van der Waals surface area contributed by atoms with Crippen LogP contribution in [-0.2, 0) is 15.9 Å². The molecule has 0 aliphatic heterocycles. The second kappa shape index (κ2) is 8.31. The van der Waals surface area contributed by atoms with E-state index in [0.717, 1.165) is 19.7 Å². The first-order valence-electron chi connectivity index (χ1n) is 7.27. The van der Waals surface area contributed by atoms with Crippen molar-refractivity contribution in [2.45, 2.75) is 25.2 Å². The lowest BCUT2D eigenvalue weighted by atomic mass is 9.83. The lowest BCUT2D eigenvalue weighted by Gasteiger charge is -2.25. The molecule has 106 valence electrons. The van der Waals surface area contributed by atoms with Crippen molar-refractivity contribution in [3.63, 3.8) is 0 Å². The molecular weight excluding hydrogens is 238 g/mol. The number of benzene rings is 1. The van der Waals surface area contributed by atoms with Crippen molar-refractivity contribution >= 4 is 0 Å². The SMILES string of the molecule is COCCOCCNCC1CCCc2ccccc21. The van der Waals surface area contributed by atoms with Gasteiger partial charge in [-0.1, -0.05) is 24.3 Å². The molecule has 0 heterocycles. The first-order valence-corrected chi connectivity index (χ1v) is 7.27. The van der Waals surface area contributed by atoms with Crippen LogP contribution in [0.1, 0.15) is 29.9 Å². The summed E-state index contributed by atoms with van der Waals surface area (Å²) < 4.78 is 10.4. The highest BCUT2D eigenvalue weighted by atomic mass is 16.5. The topological polar surface area (TPSA) is 30.5 Å². The lowest BCUT2D eigenvalue weighted by molar-refractivity contribution is 0.0719. The van der Waals surface area contributed by atoms with Crippen LogP contribution in [0, 0.1) is 0 Å². The summed E-state index contributed by atoms with van der Waals surface area (Å²) in [6.07, 6.45) is 3.86. The molecule has 19 heavy (non-hydrogen) atoms. The highest BCUT2D eigenvalue weighted by Gasteiger charge is 2.18. The van der Waals surface area contributed by atoms with E-state index in [1.165, 1.54) is 24.8 Å². The number of rotatable bonds is 8. The molecule has 0 amide bonds. The van der Waals surface area contributed by atoms with Crippen LogP contribution < -0.4 is 5.32 Å². The summed E-state index contributed by atoms with van der Waals surface area (Å²) in [7, 11) is 1.70. The van der Waals surface area contributed by atoms with E-state index in [4.69, 9.17) is 9.47 Å². The summed E-state index contributed by atoms with van der Waals surface area (Å²) in [5.74, 6) is 0.670. The molecule has 0 spiro atoms. The van der Waals surface area contributed by atoms with Gasteiger partial charge in [0.05, 0.1) is 19.8 Å². The van der Waals surface area contributed by atoms with Gasteiger partial charge < -0.3 is 14.8 Å². The molecule has 0 aromatic heterocycles. The van der Waals surface area contributed by atoms with Gasteiger partial charge in [0.1, 0.15) is 0 Å². The molecule has 3 heteroatoms. The van der Waals surface area contributed by atoms with Crippen LogP contribution in [0.15, 0.2) is 24.3 Å². The fraction of sp³-hybridized carbons (Fsp3) is 0.625. The molecule has 1 unspecified atom stereocenters. The Bertz CT molecular complexity index is 368. The fourth-order valence-electron chi connectivity index (χ4n) is 2.73. The largest absolute Gasteiger partial charge is 0.382 e. The number of methoxy groups -OCH3 is 1. The predicted octanol–water partition coefficient (Wildman–Crippen LogP) is 2.36. The number of nitrogens with one attached hydrogen (secondary N) is 1. The van der Waals surface area contributed by atoms with Gasteiger partial charge in [0.25, 0.3) is 0 Å². The van der Waals surface area contributed by atoms with E-state index < -0.39 is 0 Å². The lowest BCUT2D eigenvalue weighted by Crippen LogP contribution is -2.27. The van der Waals surface area contributed by atoms with Crippen LogP contribution in [0.3, 0.4) is 0 Å². The summed E-state index contributed by atoms with van der Waals surface area (Å²) in [6.45, 7) is 4.10. The van der Waals surface area contributed by atoms with Gasteiger partial charge in [-0.2, -0.15) is 0 Å². The minimum atomic E-state index is 0.670. The van der Waals surface area contributed by atoms with Crippen molar-refractivity contribution in [3.05, 3.63) is 35.4 Å². The Morgan fingerprint density at radius 1 is 1.21 bits per heavy atom. The third-order valence-electron chi connectivity index (χ3n) is 3.74. The molecule has 0 fully saturated rings. The molecule has 1 N–H and O–H groups in total. The standard InChI is InChI=1S/C16H25NO2/c1-18-11-12-19-10-9-17-13-15-7-4-6-14-5-2-3-8-16(14)15/h2-3,5,8,15,17H,4,6-7,9-13H2,1H3. The van der Waals surface area contributed by atoms with Gasteiger partial charge in [-0.25, -0.2) is 0 Å². The number of ether oxygens (including phenoxy) is 2. The molecule has 2 rings (SSSR count). The van der Waals surface area contributed by atoms with E-state index in [0.29, 0.717) is 19.1 Å². The van der Waals surface area contributed by atoms with Gasteiger partial charge in [0.2, 0.25) is 0 Å². The molecule has 0 saturated carbocycles. The molecule has 1 atom stereocenters. The van der Waals surface area contributed by atoms with Gasteiger partial charge in [0.15, 0.2) is 0 Å². The predicted molar refractivity (Wildman–Crippen MR) is 77.7 cm³/mol. The quantitative estimate of drug-likeness (QED) is 0.730. The molecule has 1 aliphatic rings. The minimum absolute atomic E-state index is 0.670.